The summed E-state index contributed by atoms with van der Waals surface area (Å²) < 4.78 is 53.8. The number of rotatable bonds is 2. The van der Waals surface area contributed by atoms with Crippen LogP contribution in [-0.2, 0) is 0 Å². The lowest BCUT2D eigenvalue weighted by Crippen LogP contribution is -2.32. The maximum atomic E-state index is 14.0. The number of carbonyl (C=O) groups is 1. The lowest BCUT2D eigenvalue weighted by Gasteiger charge is -2.25. The number of aliphatic hydroxyl groups is 1. The average Bonchev–Trinajstić information content (AvgIpc) is 2.93. The van der Waals surface area contributed by atoms with Gasteiger partial charge in [0.2, 0.25) is 0 Å². The first-order valence-electron chi connectivity index (χ1n) is 7.26. The van der Waals surface area contributed by atoms with E-state index < -0.39 is 41.3 Å². The van der Waals surface area contributed by atoms with Crippen LogP contribution < -0.4 is 0 Å². The Labute approximate surface area is 135 Å². The highest BCUT2D eigenvalue weighted by Gasteiger charge is 2.37. The van der Waals surface area contributed by atoms with E-state index in [0.29, 0.717) is 0 Å². The molecule has 2 aromatic rings. The van der Waals surface area contributed by atoms with E-state index >= 15 is 0 Å². The number of nitrogens with zero attached hydrogens (tertiary/aromatic N) is 1. The lowest BCUT2D eigenvalue weighted by atomic mass is 10.0. The first kappa shape index (κ1) is 16.4. The summed E-state index contributed by atoms with van der Waals surface area (Å²) in [5, 5.41) is 9.84. The van der Waals surface area contributed by atoms with E-state index in [1.807, 2.05) is 0 Å². The normalized spacial score (nSPS) is 20.5. The zero-order valence-electron chi connectivity index (χ0n) is 12.3. The molecule has 1 fully saturated rings. The standard InChI is InChI=1S/C17H13F4NO2/c18-10-2-4-13(19)12(6-10)16-7-11(23)8-22(16)17(24)9-1-3-14(20)15(21)5-9/h1-6,11,16,23H,7-8H2/t11-,16+/m1/s1. The molecule has 0 radical (unpaired) electrons. The maximum absolute atomic E-state index is 14.0. The molecule has 0 unspecified atom stereocenters. The van der Waals surface area contributed by atoms with E-state index in [1.165, 1.54) is 0 Å². The lowest BCUT2D eigenvalue weighted by molar-refractivity contribution is 0.0713. The van der Waals surface area contributed by atoms with Crippen LogP contribution in [0.2, 0.25) is 0 Å². The van der Waals surface area contributed by atoms with E-state index in [2.05, 4.69) is 0 Å². The SMILES string of the molecule is O=C(c1ccc(F)c(F)c1)N1C[C@H](O)C[C@H]1c1cc(F)ccc1F. The van der Waals surface area contributed by atoms with Gasteiger partial charge in [0.15, 0.2) is 11.6 Å². The third-order valence-corrected chi connectivity index (χ3v) is 4.02. The number of carbonyl (C=O) groups excluding carboxylic acids is 1. The summed E-state index contributed by atoms with van der Waals surface area (Å²) in [7, 11) is 0. The number of hydrogen-bond acceptors (Lipinski definition) is 2. The summed E-state index contributed by atoms with van der Waals surface area (Å²) in [6, 6.07) is 4.61. The van der Waals surface area contributed by atoms with Crippen molar-refractivity contribution in [3.8, 4) is 0 Å². The molecule has 0 saturated carbocycles. The van der Waals surface area contributed by atoms with Crippen molar-refractivity contribution >= 4 is 5.91 Å². The van der Waals surface area contributed by atoms with Crippen LogP contribution in [0.25, 0.3) is 0 Å². The molecule has 7 heteroatoms. The monoisotopic (exact) mass is 339 g/mol. The molecule has 1 N–H and O–H groups in total. The fourth-order valence-corrected chi connectivity index (χ4v) is 2.90. The number of hydrogen-bond donors (Lipinski definition) is 1. The van der Waals surface area contributed by atoms with Crippen molar-refractivity contribution in [3.05, 3.63) is 70.8 Å². The van der Waals surface area contributed by atoms with E-state index in [0.717, 1.165) is 41.3 Å². The minimum absolute atomic E-state index is 0.0236. The Bertz CT molecular complexity index is 796. The summed E-state index contributed by atoms with van der Waals surface area (Å²) in [6.45, 7) is -0.113. The summed E-state index contributed by atoms with van der Waals surface area (Å²) in [6.07, 6.45) is -0.901. The molecule has 0 aromatic heterocycles. The van der Waals surface area contributed by atoms with Gasteiger partial charge in [0.05, 0.1) is 12.1 Å². The first-order chi connectivity index (χ1) is 11.4. The van der Waals surface area contributed by atoms with Crippen LogP contribution >= 0.6 is 0 Å². The molecule has 3 nitrogen and oxygen atoms in total. The van der Waals surface area contributed by atoms with Gasteiger partial charge in [-0.1, -0.05) is 0 Å². The zero-order valence-corrected chi connectivity index (χ0v) is 12.3. The van der Waals surface area contributed by atoms with Crippen molar-refractivity contribution in [2.45, 2.75) is 18.6 Å². The average molecular weight is 339 g/mol. The molecule has 1 aliphatic heterocycles. The number of aliphatic hydroxyl groups excluding tert-OH is 1. The van der Waals surface area contributed by atoms with Crippen LogP contribution in [0.3, 0.4) is 0 Å². The third kappa shape index (κ3) is 2.99. The Morgan fingerprint density at radius 3 is 2.42 bits per heavy atom. The second-order valence-corrected chi connectivity index (χ2v) is 5.66. The molecule has 1 aliphatic rings. The number of β-amino-alcohol motifs (C(OH)–C–C–N with tert-alkyl or cyclic N) is 1. The van der Waals surface area contributed by atoms with Gasteiger partial charge in [-0.2, -0.15) is 0 Å². The molecular formula is C17H13F4NO2. The highest BCUT2D eigenvalue weighted by molar-refractivity contribution is 5.94. The smallest absolute Gasteiger partial charge is 0.254 e. The third-order valence-electron chi connectivity index (χ3n) is 4.02. The molecule has 24 heavy (non-hydrogen) atoms. The molecule has 2 atom stereocenters. The minimum Gasteiger partial charge on any atom is -0.391 e. The summed E-state index contributed by atoms with van der Waals surface area (Å²) >= 11 is 0. The van der Waals surface area contributed by atoms with Crippen LogP contribution in [0.4, 0.5) is 17.6 Å². The quantitative estimate of drug-likeness (QED) is 0.854. The molecular weight excluding hydrogens is 326 g/mol. The Kier molecular flexibility index (Phi) is 4.28. The minimum atomic E-state index is -1.19. The molecule has 1 saturated heterocycles. The van der Waals surface area contributed by atoms with E-state index in [9.17, 15) is 27.5 Å². The number of benzene rings is 2. The van der Waals surface area contributed by atoms with Crippen molar-refractivity contribution < 1.29 is 27.5 Å². The predicted octanol–water partition coefficient (Wildman–Crippen LogP) is 3.19. The van der Waals surface area contributed by atoms with Crippen molar-refractivity contribution in [1.29, 1.82) is 0 Å². The first-order valence-corrected chi connectivity index (χ1v) is 7.26. The van der Waals surface area contributed by atoms with Gasteiger partial charge in [-0.3, -0.25) is 4.79 Å². The van der Waals surface area contributed by atoms with Crippen LogP contribution in [0.5, 0.6) is 0 Å². The fourth-order valence-electron chi connectivity index (χ4n) is 2.90. The van der Waals surface area contributed by atoms with Crippen LogP contribution in [-0.4, -0.2) is 28.6 Å². The largest absolute Gasteiger partial charge is 0.391 e. The topological polar surface area (TPSA) is 40.5 Å². The van der Waals surface area contributed by atoms with Crippen molar-refractivity contribution in [3.63, 3.8) is 0 Å². The molecule has 0 spiro atoms. The van der Waals surface area contributed by atoms with Gasteiger partial charge in [-0.25, -0.2) is 17.6 Å². The molecule has 0 aliphatic carbocycles. The van der Waals surface area contributed by atoms with Crippen molar-refractivity contribution in [2.75, 3.05) is 6.54 Å². The number of halogens is 4. The van der Waals surface area contributed by atoms with Gasteiger partial charge >= 0.3 is 0 Å². The van der Waals surface area contributed by atoms with Crippen molar-refractivity contribution in [1.82, 2.24) is 4.90 Å². The molecule has 0 bridgehead atoms. The summed E-state index contributed by atoms with van der Waals surface area (Å²) in [4.78, 5) is 13.7. The van der Waals surface area contributed by atoms with Gasteiger partial charge in [0.1, 0.15) is 11.6 Å². The fraction of sp³-hybridized carbons (Fsp3) is 0.235. The summed E-state index contributed by atoms with van der Waals surface area (Å²) in [5.41, 5.74) is -0.202. The van der Waals surface area contributed by atoms with Gasteiger partial charge in [-0.05, 0) is 42.8 Å². The highest BCUT2D eigenvalue weighted by atomic mass is 19.2. The van der Waals surface area contributed by atoms with Crippen LogP contribution in [0.15, 0.2) is 36.4 Å². The van der Waals surface area contributed by atoms with Crippen LogP contribution in [0.1, 0.15) is 28.4 Å². The Hall–Kier alpha value is -2.41. The highest BCUT2D eigenvalue weighted by Crippen LogP contribution is 2.35. The van der Waals surface area contributed by atoms with E-state index in [-0.39, 0.29) is 24.1 Å². The summed E-state index contributed by atoms with van der Waals surface area (Å²) in [5.74, 6) is -4.36. The Balaban J connectivity index is 1.97. The molecule has 1 amide bonds. The van der Waals surface area contributed by atoms with Gasteiger partial charge < -0.3 is 10.0 Å². The van der Waals surface area contributed by atoms with Crippen LogP contribution in [0, 0.1) is 23.3 Å². The van der Waals surface area contributed by atoms with Gasteiger partial charge in [-0.15, -0.1) is 0 Å². The molecule has 126 valence electrons. The second-order valence-electron chi connectivity index (χ2n) is 5.66. The molecule has 1 heterocycles. The maximum Gasteiger partial charge on any atom is 0.254 e. The van der Waals surface area contributed by atoms with E-state index in [4.69, 9.17) is 0 Å². The molecule has 3 rings (SSSR count). The zero-order chi connectivity index (χ0) is 17.4. The predicted molar refractivity (Wildman–Crippen MR) is 77.1 cm³/mol. The number of likely N-dealkylation sites (tertiary alicyclic amines) is 1. The second kappa shape index (κ2) is 6.24. The Morgan fingerprint density at radius 2 is 1.71 bits per heavy atom. The van der Waals surface area contributed by atoms with Gasteiger partial charge in [0, 0.05) is 17.7 Å². The van der Waals surface area contributed by atoms with E-state index in [1.54, 1.807) is 0 Å². The Morgan fingerprint density at radius 1 is 1.00 bits per heavy atom. The van der Waals surface area contributed by atoms with Gasteiger partial charge in [0.25, 0.3) is 5.91 Å². The number of amides is 1. The van der Waals surface area contributed by atoms with Crippen molar-refractivity contribution in [2.24, 2.45) is 0 Å². The molecule has 2 aromatic carbocycles.